The van der Waals surface area contributed by atoms with Crippen molar-refractivity contribution in [1.29, 1.82) is 0 Å². The Bertz CT molecular complexity index is 1740. The maximum Gasteiger partial charge on any atom is 0.352 e. The fourth-order valence-corrected chi connectivity index (χ4v) is 8.95. The molecule has 0 bridgehead atoms. The second-order valence-electron chi connectivity index (χ2n) is 12.9. The van der Waals surface area contributed by atoms with Gasteiger partial charge in [0.05, 0.1) is 22.9 Å². The average molecular weight is 710 g/mol. The molecule has 0 unspecified atom stereocenters. The highest BCUT2D eigenvalue weighted by atomic mass is 35.5. The van der Waals surface area contributed by atoms with Crippen LogP contribution in [0.4, 0.5) is 15.8 Å². The molecule has 3 N–H and O–H groups in total. The van der Waals surface area contributed by atoms with Gasteiger partial charge >= 0.3 is 11.9 Å². The lowest BCUT2D eigenvalue weighted by Crippen LogP contribution is -2.55. The van der Waals surface area contributed by atoms with Gasteiger partial charge in [0, 0.05) is 29.4 Å². The molecule has 2 aromatic carbocycles. The number of esters is 2. The number of piperidine rings is 1. The third-order valence-electron chi connectivity index (χ3n) is 7.37. The fraction of sp³-hybridized carbons (Fsp3) is 0.455. The molecule has 0 aliphatic carbocycles. The minimum absolute atomic E-state index is 0.0181. The summed E-state index contributed by atoms with van der Waals surface area (Å²) in [7, 11) is -3.66. The standard InChI is InChI=1S/C33H41ClFN3O7S2/c1-7-43-25(39)18-44-28-26(34)29(46-30(28)31(40)45-32(2,3)4)23-12-9-13-24(27(23)35)37-22-14-15-38(33(5,6)17-22)47(41,42)19-20-10-8-11-21(36)16-20/h8-13,16,22,37H,7,14-15,17-19,36H2,1-6H3/t22-/m1/s1. The Morgan fingerprint density at radius 3 is 2.53 bits per heavy atom. The molecule has 1 aromatic heterocycles. The number of carbonyl (C=O) groups is 2. The number of carbonyl (C=O) groups excluding carboxylic acids is 2. The van der Waals surface area contributed by atoms with Gasteiger partial charge in [-0.15, -0.1) is 11.3 Å². The van der Waals surface area contributed by atoms with Gasteiger partial charge in [0.1, 0.15) is 10.6 Å². The van der Waals surface area contributed by atoms with Crippen LogP contribution < -0.4 is 15.8 Å². The van der Waals surface area contributed by atoms with Gasteiger partial charge in [-0.05, 0) is 78.1 Å². The number of ether oxygens (including phenoxy) is 3. The van der Waals surface area contributed by atoms with E-state index in [1.54, 1.807) is 64.1 Å². The molecule has 256 valence electrons. The van der Waals surface area contributed by atoms with Gasteiger partial charge in [-0.25, -0.2) is 22.4 Å². The first-order valence-corrected chi connectivity index (χ1v) is 18.0. The van der Waals surface area contributed by atoms with Crippen LogP contribution in [0.15, 0.2) is 42.5 Å². The molecule has 47 heavy (non-hydrogen) atoms. The molecule has 1 saturated heterocycles. The minimum atomic E-state index is -3.66. The lowest BCUT2D eigenvalue weighted by Gasteiger charge is -2.45. The van der Waals surface area contributed by atoms with Crippen molar-refractivity contribution in [3.05, 3.63) is 63.7 Å². The van der Waals surface area contributed by atoms with Gasteiger partial charge < -0.3 is 25.3 Å². The number of benzene rings is 2. The Balaban J connectivity index is 1.57. The zero-order valence-corrected chi connectivity index (χ0v) is 29.7. The number of nitrogens with one attached hydrogen (secondary N) is 1. The Labute approximate surface area is 284 Å². The first-order valence-electron chi connectivity index (χ1n) is 15.2. The van der Waals surface area contributed by atoms with Crippen LogP contribution in [0.3, 0.4) is 0 Å². The van der Waals surface area contributed by atoms with E-state index >= 15 is 4.39 Å². The highest BCUT2D eigenvalue weighted by molar-refractivity contribution is 7.88. The summed E-state index contributed by atoms with van der Waals surface area (Å²) in [6.45, 7) is 10.3. The molecular formula is C33H41ClFN3O7S2. The molecule has 0 radical (unpaired) electrons. The Morgan fingerprint density at radius 1 is 1.19 bits per heavy atom. The van der Waals surface area contributed by atoms with Crippen molar-refractivity contribution < 1.29 is 36.6 Å². The van der Waals surface area contributed by atoms with Gasteiger partial charge in [0.15, 0.2) is 23.1 Å². The van der Waals surface area contributed by atoms with Crippen LogP contribution in [0.1, 0.15) is 69.6 Å². The average Bonchev–Trinajstić information content (AvgIpc) is 3.27. The third kappa shape index (κ3) is 8.95. The number of nitrogen functional groups attached to an aromatic ring is 1. The van der Waals surface area contributed by atoms with Crippen molar-refractivity contribution in [2.24, 2.45) is 0 Å². The van der Waals surface area contributed by atoms with Gasteiger partial charge in [-0.3, -0.25) is 0 Å². The van der Waals surface area contributed by atoms with Crippen molar-refractivity contribution >= 4 is 56.3 Å². The van der Waals surface area contributed by atoms with E-state index in [9.17, 15) is 18.0 Å². The summed E-state index contributed by atoms with van der Waals surface area (Å²) in [5.74, 6) is -2.27. The zero-order valence-electron chi connectivity index (χ0n) is 27.3. The van der Waals surface area contributed by atoms with E-state index < -0.39 is 45.5 Å². The van der Waals surface area contributed by atoms with Gasteiger partial charge in [0.2, 0.25) is 10.0 Å². The van der Waals surface area contributed by atoms with Crippen LogP contribution >= 0.6 is 22.9 Å². The molecule has 4 rings (SSSR count). The molecule has 0 amide bonds. The predicted molar refractivity (Wildman–Crippen MR) is 183 cm³/mol. The number of hydrogen-bond acceptors (Lipinski definition) is 10. The number of sulfonamides is 1. The molecule has 1 fully saturated rings. The molecule has 1 aliphatic heterocycles. The van der Waals surface area contributed by atoms with Crippen LogP contribution in [-0.2, 0) is 30.0 Å². The van der Waals surface area contributed by atoms with E-state index in [1.165, 1.54) is 10.4 Å². The highest BCUT2D eigenvalue weighted by Crippen LogP contribution is 2.47. The smallest absolute Gasteiger partial charge is 0.352 e. The molecule has 14 heteroatoms. The number of anilines is 2. The van der Waals surface area contributed by atoms with Crippen molar-refractivity contribution in [3.63, 3.8) is 0 Å². The van der Waals surface area contributed by atoms with Crippen LogP contribution in [0.5, 0.6) is 5.75 Å². The van der Waals surface area contributed by atoms with Crippen molar-refractivity contribution in [3.8, 4) is 16.2 Å². The Kier molecular flexibility index (Phi) is 11.2. The quantitative estimate of drug-likeness (QED) is 0.161. The Hall–Kier alpha value is -3.39. The van der Waals surface area contributed by atoms with E-state index in [1.807, 2.05) is 13.8 Å². The van der Waals surface area contributed by atoms with Crippen LogP contribution in [0.25, 0.3) is 10.4 Å². The molecule has 1 atom stereocenters. The Morgan fingerprint density at radius 2 is 1.89 bits per heavy atom. The van der Waals surface area contributed by atoms with Crippen molar-refractivity contribution in [1.82, 2.24) is 4.31 Å². The molecular weight excluding hydrogens is 669 g/mol. The number of rotatable bonds is 11. The minimum Gasteiger partial charge on any atom is -0.479 e. The second-order valence-corrected chi connectivity index (χ2v) is 16.2. The summed E-state index contributed by atoms with van der Waals surface area (Å²) in [6.07, 6.45) is 0.860. The molecule has 3 aromatic rings. The number of thiophene rings is 1. The number of nitrogens with zero attached hydrogens (tertiary/aromatic N) is 1. The highest BCUT2D eigenvalue weighted by Gasteiger charge is 2.42. The fourth-order valence-electron chi connectivity index (χ4n) is 5.52. The van der Waals surface area contributed by atoms with E-state index in [-0.39, 0.29) is 56.7 Å². The zero-order chi connectivity index (χ0) is 34.7. The normalized spacial score (nSPS) is 16.8. The van der Waals surface area contributed by atoms with Gasteiger partial charge in [-0.1, -0.05) is 35.9 Å². The molecule has 2 heterocycles. The summed E-state index contributed by atoms with van der Waals surface area (Å²) in [4.78, 5) is 25.3. The summed E-state index contributed by atoms with van der Waals surface area (Å²) >= 11 is 7.58. The summed E-state index contributed by atoms with van der Waals surface area (Å²) in [5, 5.41) is 3.21. The number of halogens is 2. The lowest BCUT2D eigenvalue weighted by atomic mass is 9.89. The summed E-state index contributed by atoms with van der Waals surface area (Å²) in [6, 6.07) is 11.3. The monoisotopic (exact) mass is 709 g/mol. The van der Waals surface area contributed by atoms with Gasteiger partial charge in [-0.2, -0.15) is 4.31 Å². The largest absolute Gasteiger partial charge is 0.479 e. The predicted octanol–water partition coefficient (Wildman–Crippen LogP) is 6.87. The van der Waals surface area contributed by atoms with E-state index in [2.05, 4.69) is 5.32 Å². The third-order valence-corrected chi connectivity index (χ3v) is 11.1. The molecule has 10 nitrogen and oxygen atoms in total. The number of nitrogens with two attached hydrogens (primary N) is 1. The first-order chi connectivity index (χ1) is 21.9. The first kappa shape index (κ1) is 36.4. The van der Waals surface area contributed by atoms with Crippen LogP contribution in [0, 0.1) is 5.82 Å². The SMILES string of the molecule is CCOC(=O)COc1c(C(=O)OC(C)(C)C)sc(-c2cccc(N[C@@H]3CCN(S(=O)(=O)Cc4cccc(N)c4)C(C)(C)C3)c2F)c1Cl. The number of hydrogen-bond donors (Lipinski definition) is 2. The van der Waals surface area contributed by atoms with Gasteiger partial charge in [0.25, 0.3) is 0 Å². The van der Waals surface area contributed by atoms with Crippen LogP contribution in [-0.4, -0.2) is 61.6 Å². The summed E-state index contributed by atoms with van der Waals surface area (Å²) in [5.41, 5.74) is 5.67. The maximum atomic E-state index is 16.2. The molecule has 0 spiro atoms. The topological polar surface area (TPSA) is 137 Å². The summed E-state index contributed by atoms with van der Waals surface area (Å²) < 4.78 is 60.6. The lowest BCUT2D eigenvalue weighted by molar-refractivity contribution is -0.145. The van der Waals surface area contributed by atoms with Crippen LogP contribution in [0.2, 0.25) is 5.02 Å². The van der Waals surface area contributed by atoms with E-state index in [0.717, 1.165) is 11.3 Å². The molecule has 0 saturated carbocycles. The van der Waals surface area contributed by atoms with E-state index in [4.69, 9.17) is 31.5 Å². The van der Waals surface area contributed by atoms with E-state index in [0.29, 0.717) is 24.1 Å². The maximum absolute atomic E-state index is 16.2. The second kappa shape index (κ2) is 14.4. The van der Waals surface area contributed by atoms with Crippen molar-refractivity contribution in [2.75, 3.05) is 30.8 Å². The van der Waals surface area contributed by atoms with Crippen molar-refractivity contribution in [2.45, 2.75) is 77.3 Å². The molecule has 1 aliphatic rings.